The van der Waals surface area contributed by atoms with Crippen LogP contribution in [0.1, 0.15) is 12.8 Å². The van der Waals surface area contributed by atoms with E-state index in [1.54, 1.807) is 0 Å². The molecule has 0 aromatic rings. The number of β-amino-alcohol motifs (C(OH)–C–C–N with tert-alkyl or cyclic N) is 1. The van der Waals surface area contributed by atoms with Crippen LogP contribution >= 0.6 is 0 Å². The molecule has 2 unspecified atom stereocenters. The van der Waals surface area contributed by atoms with Gasteiger partial charge >= 0.3 is 0 Å². The monoisotopic (exact) mass is 171 g/mol. The van der Waals surface area contributed by atoms with Gasteiger partial charge in [0.2, 0.25) is 0 Å². The molecule has 12 heavy (non-hydrogen) atoms. The van der Waals surface area contributed by atoms with Crippen LogP contribution in [0.25, 0.3) is 0 Å². The summed E-state index contributed by atoms with van der Waals surface area (Å²) < 4.78 is 5.23. The van der Waals surface area contributed by atoms with Crippen molar-refractivity contribution < 1.29 is 9.84 Å². The second kappa shape index (κ2) is 3.73. The summed E-state index contributed by atoms with van der Waals surface area (Å²) in [5.74, 6) is 0.394. The summed E-state index contributed by atoms with van der Waals surface area (Å²) in [7, 11) is 0. The Labute approximate surface area is 73.3 Å². The first kappa shape index (κ1) is 8.48. The molecule has 0 aromatic carbocycles. The summed E-state index contributed by atoms with van der Waals surface area (Å²) in [5.41, 5.74) is 0. The summed E-state index contributed by atoms with van der Waals surface area (Å²) in [6.07, 6.45) is 2.18. The zero-order valence-electron chi connectivity index (χ0n) is 7.41. The van der Waals surface area contributed by atoms with Crippen molar-refractivity contribution in [3.8, 4) is 0 Å². The molecule has 0 amide bonds. The predicted octanol–water partition coefficient (Wildman–Crippen LogP) is 0.0895. The van der Waals surface area contributed by atoms with Crippen molar-refractivity contribution in [3.05, 3.63) is 0 Å². The van der Waals surface area contributed by atoms with E-state index in [4.69, 9.17) is 4.74 Å². The standard InChI is InChI=1S/C9H17NO2/c11-9(6-10-3-1-4-10)8-2-5-12-7-8/h8-9,11H,1-7H2. The second-order valence-electron chi connectivity index (χ2n) is 3.85. The number of nitrogens with zero attached hydrogens (tertiary/aromatic N) is 1. The molecule has 0 aliphatic carbocycles. The Morgan fingerprint density at radius 1 is 1.50 bits per heavy atom. The third kappa shape index (κ3) is 1.79. The van der Waals surface area contributed by atoms with Crippen LogP contribution in [0.3, 0.4) is 0 Å². The quantitative estimate of drug-likeness (QED) is 0.653. The lowest BCUT2D eigenvalue weighted by atomic mass is 10.0. The summed E-state index contributed by atoms with van der Waals surface area (Å²) in [4.78, 5) is 2.31. The SMILES string of the molecule is OC(CN1CCC1)C1CCOC1. The number of hydrogen-bond acceptors (Lipinski definition) is 3. The molecular formula is C9H17NO2. The molecule has 3 nitrogen and oxygen atoms in total. The lowest BCUT2D eigenvalue weighted by molar-refractivity contribution is 0.0360. The summed E-state index contributed by atoms with van der Waals surface area (Å²) in [5, 5.41) is 9.76. The zero-order chi connectivity index (χ0) is 8.39. The maximum absolute atomic E-state index is 9.76. The van der Waals surface area contributed by atoms with Crippen molar-refractivity contribution >= 4 is 0 Å². The van der Waals surface area contributed by atoms with Gasteiger partial charge in [0.15, 0.2) is 0 Å². The number of hydrogen-bond donors (Lipinski definition) is 1. The van der Waals surface area contributed by atoms with Gasteiger partial charge in [-0.2, -0.15) is 0 Å². The van der Waals surface area contributed by atoms with Crippen LogP contribution in [0, 0.1) is 5.92 Å². The maximum Gasteiger partial charge on any atom is 0.0718 e. The van der Waals surface area contributed by atoms with E-state index < -0.39 is 0 Å². The van der Waals surface area contributed by atoms with Gasteiger partial charge in [-0.25, -0.2) is 0 Å². The van der Waals surface area contributed by atoms with Gasteiger partial charge < -0.3 is 14.7 Å². The topological polar surface area (TPSA) is 32.7 Å². The smallest absolute Gasteiger partial charge is 0.0718 e. The Morgan fingerprint density at radius 3 is 2.83 bits per heavy atom. The fraction of sp³-hybridized carbons (Fsp3) is 1.00. The van der Waals surface area contributed by atoms with Crippen LogP contribution in [-0.4, -0.2) is 49.0 Å². The highest BCUT2D eigenvalue weighted by Gasteiger charge is 2.27. The minimum atomic E-state index is -0.159. The van der Waals surface area contributed by atoms with Crippen molar-refractivity contribution in [3.63, 3.8) is 0 Å². The van der Waals surface area contributed by atoms with E-state index in [0.29, 0.717) is 5.92 Å². The molecule has 3 heteroatoms. The van der Waals surface area contributed by atoms with Gasteiger partial charge in [-0.1, -0.05) is 0 Å². The van der Waals surface area contributed by atoms with Gasteiger partial charge in [-0.15, -0.1) is 0 Å². The molecule has 2 rings (SSSR count). The second-order valence-corrected chi connectivity index (χ2v) is 3.85. The zero-order valence-corrected chi connectivity index (χ0v) is 7.41. The molecule has 2 aliphatic rings. The molecule has 70 valence electrons. The average molecular weight is 171 g/mol. The van der Waals surface area contributed by atoms with Crippen LogP contribution < -0.4 is 0 Å². The Morgan fingerprint density at radius 2 is 2.33 bits per heavy atom. The lowest BCUT2D eigenvalue weighted by Gasteiger charge is -2.33. The molecular weight excluding hydrogens is 154 g/mol. The minimum Gasteiger partial charge on any atom is -0.391 e. The summed E-state index contributed by atoms with van der Waals surface area (Å²) in [6.45, 7) is 4.79. The highest BCUT2D eigenvalue weighted by atomic mass is 16.5. The Kier molecular flexibility index (Phi) is 2.63. The Bertz CT molecular complexity index is 141. The maximum atomic E-state index is 9.76. The van der Waals surface area contributed by atoms with Gasteiger partial charge in [0.05, 0.1) is 12.7 Å². The van der Waals surface area contributed by atoms with Crippen LogP contribution in [0.15, 0.2) is 0 Å². The van der Waals surface area contributed by atoms with Crippen molar-refractivity contribution in [2.24, 2.45) is 5.92 Å². The molecule has 0 radical (unpaired) electrons. The van der Waals surface area contributed by atoms with E-state index in [9.17, 15) is 5.11 Å². The molecule has 2 heterocycles. The van der Waals surface area contributed by atoms with Gasteiger partial charge in [0.25, 0.3) is 0 Å². The molecule has 2 fully saturated rings. The largest absolute Gasteiger partial charge is 0.391 e. The molecule has 1 N–H and O–H groups in total. The molecule has 2 saturated heterocycles. The van der Waals surface area contributed by atoms with Crippen molar-refractivity contribution in [2.45, 2.75) is 18.9 Å². The van der Waals surface area contributed by atoms with Crippen molar-refractivity contribution in [2.75, 3.05) is 32.8 Å². The molecule has 2 atom stereocenters. The molecule has 2 aliphatic heterocycles. The highest BCUT2D eigenvalue weighted by Crippen LogP contribution is 2.18. The molecule has 0 bridgehead atoms. The van der Waals surface area contributed by atoms with E-state index in [0.717, 1.165) is 26.2 Å². The van der Waals surface area contributed by atoms with E-state index in [-0.39, 0.29) is 6.10 Å². The average Bonchev–Trinajstić information content (AvgIpc) is 2.47. The van der Waals surface area contributed by atoms with Crippen LogP contribution in [-0.2, 0) is 4.74 Å². The number of likely N-dealkylation sites (tertiary alicyclic amines) is 1. The van der Waals surface area contributed by atoms with Crippen LogP contribution in [0.4, 0.5) is 0 Å². The number of aliphatic hydroxyl groups is 1. The van der Waals surface area contributed by atoms with Crippen LogP contribution in [0.5, 0.6) is 0 Å². The van der Waals surface area contributed by atoms with Crippen molar-refractivity contribution in [1.82, 2.24) is 4.90 Å². The van der Waals surface area contributed by atoms with E-state index in [1.807, 2.05) is 0 Å². The van der Waals surface area contributed by atoms with E-state index >= 15 is 0 Å². The Hall–Kier alpha value is -0.120. The number of aliphatic hydroxyl groups excluding tert-OH is 1. The number of ether oxygens (including phenoxy) is 1. The Balaban J connectivity index is 1.71. The van der Waals surface area contributed by atoms with Gasteiger partial charge in [-0.3, -0.25) is 0 Å². The molecule has 0 saturated carbocycles. The van der Waals surface area contributed by atoms with E-state index in [2.05, 4.69) is 4.90 Å². The highest BCUT2D eigenvalue weighted by molar-refractivity contribution is 4.78. The summed E-state index contributed by atoms with van der Waals surface area (Å²) in [6, 6.07) is 0. The van der Waals surface area contributed by atoms with Crippen LogP contribution in [0.2, 0.25) is 0 Å². The van der Waals surface area contributed by atoms with Gasteiger partial charge in [-0.05, 0) is 25.9 Å². The normalized spacial score (nSPS) is 33.2. The van der Waals surface area contributed by atoms with Gasteiger partial charge in [0.1, 0.15) is 0 Å². The first-order valence-electron chi connectivity index (χ1n) is 4.84. The fourth-order valence-corrected chi connectivity index (χ4v) is 1.83. The third-order valence-electron chi connectivity index (χ3n) is 2.90. The van der Waals surface area contributed by atoms with Crippen molar-refractivity contribution in [1.29, 1.82) is 0 Å². The lowest BCUT2D eigenvalue weighted by Crippen LogP contribution is -2.44. The fourth-order valence-electron chi connectivity index (χ4n) is 1.83. The number of rotatable bonds is 3. The predicted molar refractivity (Wildman–Crippen MR) is 46.0 cm³/mol. The third-order valence-corrected chi connectivity index (χ3v) is 2.90. The minimum absolute atomic E-state index is 0.159. The van der Waals surface area contributed by atoms with Gasteiger partial charge in [0, 0.05) is 19.1 Å². The first-order chi connectivity index (χ1) is 5.86. The first-order valence-corrected chi connectivity index (χ1v) is 4.84. The molecule has 0 spiro atoms. The molecule has 0 aromatic heterocycles. The van der Waals surface area contributed by atoms with E-state index in [1.165, 1.54) is 19.5 Å². The summed E-state index contributed by atoms with van der Waals surface area (Å²) >= 11 is 0.